The van der Waals surface area contributed by atoms with Crippen molar-refractivity contribution in [3.63, 3.8) is 0 Å². The quantitative estimate of drug-likeness (QED) is 0.505. The second-order valence-corrected chi connectivity index (χ2v) is 10.1. The van der Waals surface area contributed by atoms with Gasteiger partial charge in [0.25, 0.3) is 0 Å². The molecule has 4 aliphatic rings. The number of esters is 2. The van der Waals surface area contributed by atoms with E-state index in [2.05, 4.69) is 20.4 Å². The Morgan fingerprint density at radius 3 is 2.63 bits per heavy atom. The molecular weight excluding hydrogens is 384 g/mol. The van der Waals surface area contributed by atoms with Crippen molar-refractivity contribution in [2.75, 3.05) is 13.2 Å². The van der Waals surface area contributed by atoms with Crippen LogP contribution in [0.5, 0.6) is 0 Å². The molecule has 0 aromatic rings. The SMILES string of the molecule is C=C1CCCC2[C@@](C)([C@@H]3CC4CCOC4O3)[C@H](C)C[C@H](OC(C)=O)[C@@]12COC(C)=O. The Morgan fingerprint density at radius 2 is 1.97 bits per heavy atom. The first-order valence-electron chi connectivity index (χ1n) is 11.5. The predicted molar refractivity (Wildman–Crippen MR) is 110 cm³/mol. The number of hydrogen-bond donors (Lipinski definition) is 0. The molecule has 2 heterocycles. The van der Waals surface area contributed by atoms with Crippen molar-refractivity contribution in [3.8, 4) is 0 Å². The lowest BCUT2D eigenvalue weighted by molar-refractivity contribution is -0.226. The summed E-state index contributed by atoms with van der Waals surface area (Å²) in [5, 5.41) is 0. The van der Waals surface area contributed by atoms with E-state index in [0.29, 0.717) is 12.3 Å². The van der Waals surface area contributed by atoms with Crippen LogP contribution in [0, 0.1) is 28.6 Å². The fourth-order valence-corrected chi connectivity index (χ4v) is 7.00. The van der Waals surface area contributed by atoms with Crippen LogP contribution >= 0.6 is 0 Å². The van der Waals surface area contributed by atoms with E-state index in [-0.39, 0.29) is 54.3 Å². The van der Waals surface area contributed by atoms with Gasteiger partial charge in [-0.25, -0.2) is 0 Å². The van der Waals surface area contributed by atoms with Gasteiger partial charge in [-0.15, -0.1) is 0 Å². The number of ether oxygens (including phenoxy) is 4. The normalized spacial score (nSPS) is 45.5. The first kappa shape index (κ1) is 21.8. The molecule has 2 saturated heterocycles. The van der Waals surface area contributed by atoms with Gasteiger partial charge in [0, 0.05) is 25.2 Å². The number of carbonyl (C=O) groups excluding carboxylic acids is 2. The largest absolute Gasteiger partial charge is 0.465 e. The van der Waals surface area contributed by atoms with Gasteiger partial charge in [0.05, 0.1) is 18.1 Å². The molecule has 0 radical (unpaired) electrons. The van der Waals surface area contributed by atoms with Crippen molar-refractivity contribution in [2.45, 2.75) is 84.7 Å². The van der Waals surface area contributed by atoms with Crippen LogP contribution in [0.25, 0.3) is 0 Å². The highest BCUT2D eigenvalue weighted by Gasteiger charge is 2.66. The first-order chi connectivity index (χ1) is 14.2. The fourth-order valence-electron chi connectivity index (χ4n) is 7.00. The molecule has 0 aromatic heterocycles. The van der Waals surface area contributed by atoms with Gasteiger partial charge in [-0.05, 0) is 50.4 Å². The van der Waals surface area contributed by atoms with E-state index in [1.165, 1.54) is 13.8 Å². The molecule has 2 aliphatic carbocycles. The summed E-state index contributed by atoms with van der Waals surface area (Å²) in [6.45, 7) is 12.9. The molecule has 0 spiro atoms. The predicted octanol–water partition coefficient (Wildman–Crippen LogP) is 4.02. The standard InChI is InChI=1S/C24H36O6/c1-14-7-6-8-19-23(5,20-12-18-9-10-27-22(18)30-20)15(2)11-21(29-17(4)26)24(14,19)13-28-16(3)25/h15,18-22H,1,6-13H2,2-5H3/t15-,18?,19?,20+,21+,22?,23+,24+/m1/s1. The molecule has 0 bridgehead atoms. The Hall–Kier alpha value is -1.40. The van der Waals surface area contributed by atoms with E-state index in [1.807, 2.05) is 0 Å². The van der Waals surface area contributed by atoms with Crippen molar-refractivity contribution in [2.24, 2.45) is 28.6 Å². The lowest BCUT2D eigenvalue weighted by atomic mass is 9.44. The maximum Gasteiger partial charge on any atom is 0.302 e. The van der Waals surface area contributed by atoms with Crippen LogP contribution in [-0.4, -0.2) is 43.7 Å². The summed E-state index contributed by atoms with van der Waals surface area (Å²) in [4.78, 5) is 23.8. The topological polar surface area (TPSA) is 71.1 Å². The van der Waals surface area contributed by atoms with Crippen molar-refractivity contribution in [3.05, 3.63) is 12.2 Å². The second-order valence-electron chi connectivity index (χ2n) is 10.1. The summed E-state index contributed by atoms with van der Waals surface area (Å²) >= 11 is 0. The van der Waals surface area contributed by atoms with Gasteiger partial charge in [0.1, 0.15) is 12.7 Å². The van der Waals surface area contributed by atoms with Crippen LogP contribution in [0.2, 0.25) is 0 Å². The minimum absolute atomic E-state index is 0.0775. The maximum atomic E-state index is 12.0. The van der Waals surface area contributed by atoms with Gasteiger partial charge >= 0.3 is 11.9 Å². The van der Waals surface area contributed by atoms with Gasteiger partial charge in [-0.3, -0.25) is 9.59 Å². The molecule has 0 N–H and O–H groups in total. The average Bonchev–Trinajstić information content (AvgIpc) is 3.27. The zero-order chi connectivity index (χ0) is 21.7. The molecule has 2 aliphatic heterocycles. The lowest BCUT2D eigenvalue weighted by Gasteiger charge is -2.62. The van der Waals surface area contributed by atoms with Crippen LogP contribution in [0.15, 0.2) is 12.2 Å². The molecule has 0 amide bonds. The smallest absolute Gasteiger partial charge is 0.302 e. The summed E-state index contributed by atoms with van der Waals surface area (Å²) in [6.07, 6.45) is 5.28. The van der Waals surface area contributed by atoms with Gasteiger partial charge < -0.3 is 18.9 Å². The molecule has 4 rings (SSSR count). The third kappa shape index (κ3) is 3.31. The molecule has 3 unspecified atom stereocenters. The summed E-state index contributed by atoms with van der Waals surface area (Å²) < 4.78 is 23.9. The summed E-state index contributed by atoms with van der Waals surface area (Å²) in [7, 11) is 0. The Kier molecular flexibility index (Phi) is 5.77. The minimum atomic E-state index is -0.571. The Labute approximate surface area is 179 Å². The van der Waals surface area contributed by atoms with Crippen molar-refractivity contribution in [1.29, 1.82) is 0 Å². The van der Waals surface area contributed by atoms with E-state index >= 15 is 0 Å². The molecule has 6 heteroatoms. The third-order valence-electron chi connectivity index (χ3n) is 8.69. The summed E-state index contributed by atoms with van der Waals surface area (Å²) in [5.74, 6) is 0.285. The number of rotatable bonds is 4. The zero-order valence-corrected chi connectivity index (χ0v) is 18.8. The van der Waals surface area contributed by atoms with Crippen molar-refractivity contribution < 1.29 is 28.5 Å². The second kappa shape index (κ2) is 7.94. The molecule has 4 fully saturated rings. The average molecular weight is 421 g/mol. The van der Waals surface area contributed by atoms with Crippen LogP contribution in [-0.2, 0) is 28.5 Å². The van der Waals surface area contributed by atoms with Crippen LogP contribution < -0.4 is 0 Å². The molecule has 6 nitrogen and oxygen atoms in total. The van der Waals surface area contributed by atoms with E-state index in [1.54, 1.807) is 0 Å². The number of carbonyl (C=O) groups is 2. The van der Waals surface area contributed by atoms with Crippen molar-refractivity contribution in [1.82, 2.24) is 0 Å². The Bertz CT molecular complexity index is 706. The molecule has 168 valence electrons. The van der Waals surface area contributed by atoms with Gasteiger partial charge in [0.15, 0.2) is 6.29 Å². The van der Waals surface area contributed by atoms with Gasteiger partial charge in [0.2, 0.25) is 0 Å². The first-order valence-corrected chi connectivity index (χ1v) is 11.5. The van der Waals surface area contributed by atoms with Crippen LogP contribution in [0.1, 0.15) is 66.2 Å². The highest BCUT2D eigenvalue weighted by molar-refractivity contribution is 5.67. The summed E-state index contributed by atoms with van der Waals surface area (Å²) in [5.41, 5.74) is 0.325. The minimum Gasteiger partial charge on any atom is -0.465 e. The number of hydrogen-bond acceptors (Lipinski definition) is 6. The summed E-state index contributed by atoms with van der Waals surface area (Å²) in [6, 6.07) is 0. The molecule has 0 aromatic carbocycles. The van der Waals surface area contributed by atoms with E-state index in [0.717, 1.165) is 44.3 Å². The highest BCUT2D eigenvalue weighted by atomic mass is 16.7. The van der Waals surface area contributed by atoms with Crippen LogP contribution in [0.3, 0.4) is 0 Å². The zero-order valence-electron chi connectivity index (χ0n) is 18.8. The molecule has 8 atom stereocenters. The monoisotopic (exact) mass is 420 g/mol. The lowest BCUT2D eigenvalue weighted by Crippen LogP contribution is -2.64. The van der Waals surface area contributed by atoms with E-state index < -0.39 is 5.41 Å². The van der Waals surface area contributed by atoms with E-state index in [9.17, 15) is 9.59 Å². The van der Waals surface area contributed by atoms with Crippen molar-refractivity contribution >= 4 is 11.9 Å². The fraction of sp³-hybridized carbons (Fsp3) is 0.833. The maximum absolute atomic E-state index is 12.0. The van der Waals surface area contributed by atoms with E-state index in [4.69, 9.17) is 18.9 Å². The number of fused-ring (bicyclic) bond motifs is 2. The highest BCUT2D eigenvalue weighted by Crippen LogP contribution is 2.65. The molecule has 2 saturated carbocycles. The molecular formula is C24H36O6. The molecule has 30 heavy (non-hydrogen) atoms. The Morgan fingerprint density at radius 1 is 1.20 bits per heavy atom. The third-order valence-corrected chi connectivity index (χ3v) is 8.69. The Balaban J connectivity index is 1.75. The van der Waals surface area contributed by atoms with Gasteiger partial charge in [-0.2, -0.15) is 0 Å². The van der Waals surface area contributed by atoms with Crippen LogP contribution in [0.4, 0.5) is 0 Å². The van der Waals surface area contributed by atoms with Gasteiger partial charge in [-0.1, -0.05) is 26.0 Å².